The van der Waals surface area contributed by atoms with Gasteiger partial charge in [0, 0.05) is 22.3 Å². The smallest absolute Gasteiger partial charge is 0.480 e. The van der Waals surface area contributed by atoms with Gasteiger partial charge < -0.3 is 16.2 Å². The summed E-state index contributed by atoms with van der Waals surface area (Å²) < 4.78 is 0. The van der Waals surface area contributed by atoms with Crippen molar-refractivity contribution >= 4 is 35.4 Å². The third kappa shape index (κ3) is 10.2. The third-order valence-electron chi connectivity index (χ3n) is 8.40. The van der Waals surface area contributed by atoms with Gasteiger partial charge >= 0.3 is 24.8 Å². The van der Waals surface area contributed by atoms with E-state index >= 15 is 0 Å². The van der Waals surface area contributed by atoms with E-state index in [4.69, 9.17) is 5.73 Å². The minimum Gasteiger partial charge on any atom is -0.480 e. The number of carbonyl (C=O) groups is 2. The molecule has 3 aromatic rings. The number of carboxylic acids is 1. The van der Waals surface area contributed by atoms with Gasteiger partial charge in [-0.1, -0.05) is 80.6 Å². The first kappa shape index (κ1) is 35.3. The number of aryl methyl sites for hydroxylation is 1. The largest absolute Gasteiger partial charge is 1.00 e. The van der Waals surface area contributed by atoms with Crippen molar-refractivity contribution in [2.45, 2.75) is 68.8 Å². The second kappa shape index (κ2) is 18.0. The van der Waals surface area contributed by atoms with Crippen molar-refractivity contribution in [1.29, 1.82) is 0 Å². The average Bonchev–Trinajstić information content (AvgIpc) is 3.01. The van der Waals surface area contributed by atoms with Crippen molar-refractivity contribution in [3.8, 4) is 11.1 Å². The van der Waals surface area contributed by atoms with Crippen LogP contribution in [0.4, 0.5) is 0 Å². The zero-order valence-electron chi connectivity index (χ0n) is 25.8. The Morgan fingerprint density at radius 2 is 1.67 bits per heavy atom. The molecule has 5 nitrogen and oxygen atoms in total. The van der Waals surface area contributed by atoms with Crippen LogP contribution < -0.4 is 29.9 Å². The molecule has 0 aliphatic heterocycles. The Morgan fingerprint density at radius 1 is 0.977 bits per heavy atom. The van der Waals surface area contributed by atoms with Crippen molar-refractivity contribution in [3.05, 3.63) is 89.5 Å². The van der Waals surface area contributed by atoms with Gasteiger partial charge in [-0.25, -0.2) is 4.79 Å². The summed E-state index contributed by atoms with van der Waals surface area (Å²) in [5, 5.41) is 12.5. The summed E-state index contributed by atoms with van der Waals surface area (Å²) >= 11 is 3.43. The molecule has 0 saturated heterocycles. The van der Waals surface area contributed by atoms with E-state index in [0.29, 0.717) is 23.7 Å². The predicted molar refractivity (Wildman–Crippen MR) is 177 cm³/mol. The predicted octanol–water partition coefficient (Wildman–Crippen LogP) is 4.98. The van der Waals surface area contributed by atoms with Gasteiger partial charge in [0.05, 0.1) is 0 Å². The number of hydrogen-bond donors (Lipinski definition) is 3. The van der Waals surface area contributed by atoms with Crippen LogP contribution in [0.5, 0.6) is 0 Å². The van der Waals surface area contributed by atoms with Gasteiger partial charge in [0.2, 0.25) is 0 Å². The molecule has 3 unspecified atom stereocenters. The maximum absolute atomic E-state index is 13.5. The van der Waals surface area contributed by atoms with Crippen LogP contribution in [0.2, 0.25) is 0 Å². The number of carbonyl (C=O) groups excluding carboxylic acids is 1. The number of nitrogens with one attached hydrogen (secondary N) is 1. The first-order valence-electron chi connectivity index (χ1n) is 15.0. The Morgan fingerprint density at radius 3 is 2.35 bits per heavy atom. The molecule has 3 aromatic carbocycles. The first-order chi connectivity index (χ1) is 20.4. The van der Waals surface area contributed by atoms with E-state index in [1.54, 1.807) is 11.8 Å². The van der Waals surface area contributed by atoms with Crippen molar-refractivity contribution in [2.75, 3.05) is 17.8 Å². The van der Waals surface area contributed by atoms with E-state index in [-0.39, 0.29) is 36.7 Å². The van der Waals surface area contributed by atoms with Crippen LogP contribution in [-0.2, 0) is 4.79 Å². The van der Waals surface area contributed by atoms with Crippen LogP contribution in [0.1, 0.15) is 72.5 Å². The van der Waals surface area contributed by atoms with E-state index in [1.165, 1.54) is 37.0 Å². The Labute approximate surface area is 277 Å². The molecule has 1 fully saturated rings. The number of thioether (sulfide) groups is 2. The maximum atomic E-state index is 13.5. The van der Waals surface area contributed by atoms with Gasteiger partial charge in [0.15, 0.2) is 0 Å². The van der Waals surface area contributed by atoms with Gasteiger partial charge in [-0.15, -0.1) is 11.8 Å². The molecule has 3 atom stereocenters. The van der Waals surface area contributed by atoms with E-state index in [9.17, 15) is 14.7 Å². The Balaban J connectivity index is 0.00000506. The summed E-state index contributed by atoms with van der Waals surface area (Å²) in [6.07, 6.45) is 9.86. The number of aliphatic carboxylic acids is 1. The molecule has 0 aromatic heterocycles. The second-order valence-electron chi connectivity index (χ2n) is 11.4. The van der Waals surface area contributed by atoms with Gasteiger partial charge in [-0.05, 0) is 90.1 Å². The molecule has 1 aliphatic rings. The number of nitrogens with two attached hydrogens (primary N) is 1. The number of amides is 1. The molecule has 1 aliphatic carbocycles. The fourth-order valence-electron chi connectivity index (χ4n) is 5.96. The van der Waals surface area contributed by atoms with E-state index in [2.05, 4.69) is 35.6 Å². The zero-order chi connectivity index (χ0) is 29.9. The van der Waals surface area contributed by atoms with Crippen LogP contribution in [0.3, 0.4) is 0 Å². The standard InChI is InChI=1S/C35H44N2O3S2.Li/c1-24-11-9-10-16-29(24)31-22-26(17-18-30(31)34(38)37-32(35(39)40)19-20-41-2)33(36)27(21-25-12-5-3-6-13-25)23-42-28-14-7-4-8-15-28;/h4,7-11,14-18,22,25,27,32-33H,3,5-6,12-13,19-21,23,36H2,1-2H3,(H,37,38)(H,39,40);/q;+1. The molecule has 224 valence electrons. The molecule has 4 rings (SSSR count). The number of hydrogen-bond acceptors (Lipinski definition) is 5. The number of benzene rings is 3. The Kier molecular flexibility index (Phi) is 14.8. The Bertz CT molecular complexity index is 1320. The molecule has 4 N–H and O–H groups in total. The minimum atomic E-state index is -1.02. The summed E-state index contributed by atoms with van der Waals surface area (Å²) in [5.41, 5.74) is 11.4. The van der Waals surface area contributed by atoms with Crippen LogP contribution >= 0.6 is 23.5 Å². The maximum Gasteiger partial charge on any atom is 1.00 e. The van der Waals surface area contributed by atoms with E-state index < -0.39 is 12.0 Å². The van der Waals surface area contributed by atoms with Gasteiger partial charge in [-0.2, -0.15) is 11.8 Å². The second-order valence-corrected chi connectivity index (χ2v) is 13.5. The summed E-state index contributed by atoms with van der Waals surface area (Å²) in [6.45, 7) is 2.03. The molecule has 0 spiro atoms. The molecule has 0 radical (unpaired) electrons. The first-order valence-corrected chi connectivity index (χ1v) is 17.4. The monoisotopic (exact) mass is 611 g/mol. The summed E-state index contributed by atoms with van der Waals surface area (Å²) in [4.78, 5) is 26.7. The topological polar surface area (TPSA) is 92.4 Å². The van der Waals surface area contributed by atoms with Crippen LogP contribution in [0.25, 0.3) is 11.1 Å². The number of rotatable bonds is 14. The molecular weight excluding hydrogens is 567 g/mol. The molecule has 1 saturated carbocycles. The van der Waals surface area contributed by atoms with Gasteiger partial charge in [-0.3, -0.25) is 4.79 Å². The molecular formula is C35H44LiN2O3S2+. The quantitative estimate of drug-likeness (QED) is 0.176. The van der Waals surface area contributed by atoms with Gasteiger partial charge in [0.1, 0.15) is 6.04 Å². The summed E-state index contributed by atoms with van der Waals surface area (Å²) in [7, 11) is 0. The summed E-state index contributed by atoms with van der Waals surface area (Å²) in [5.74, 6) is 1.17. The van der Waals surface area contributed by atoms with Crippen molar-refractivity contribution < 1.29 is 33.6 Å². The molecule has 0 heterocycles. The summed E-state index contributed by atoms with van der Waals surface area (Å²) in [6, 6.07) is 23.3. The Hall–Kier alpha value is -2.14. The van der Waals surface area contributed by atoms with Crippen molar-refractivity contribution in [1.82, 2.24) is 5.32 Å². The molecule has 1 amide bonds. The van der Waals surface area contributed by atoms with Crippen LogP contribution in [-0.4, -0.2) is 40.8 Å². The third-order valence-corrected chi connectivity index (χ3v) is 10.2. The zero-order valence-corrected chi connectivity index (χ0v) is 27.4. The molecule has 43 heavy (non-hydrogen) atoms. The van der Waals surface area contributed by atoms with Crippen LogP contribution in [0.15, 0.2) is 77.7 Å². The fourth-order valence-corrected chi connectivity index (χ4v) is 7.53. The molecule has 8 heteroatoms. The van der Waals surface area contributed by atoms with Crippen LogP contribution in [0, 0.1) is 18.8 Å². The average molecular weight is 612 g/mol. The minimum absolute atomic E-state index is 0. The van der Waals surface area contributed by atoms with E-state index in [0.717, 1.165) is 34.4 Å². The van der Waals surface area contributed by atoms with Gasteiger partial charge in [0.25, 0.3) is 5.91 Å². The van der Waals surface area contributed by atoms with E-state index in [1.807, 2.05) is 67.4 Å². The normalized spacial score (nSPS) is 15.6. The van der Waals surface area contributed by atoms with Crippen molar-refractivity contribution in [3.63, 3.8) is 0 Å². The number of carboxylic acid groups (broad SMARTS) is 1. The molecule has 0 bridgehead atoms. The SMILES string of the molecule is CSCCC(NC(=O)c1ccc(C(N)C(CSc2ccccc2)CC2CCCCC2)cc1-c1ccccc1C)C(=O)O.[Li+]. The van der Waals surface area contributed by atoms with Crippen molar-refractivity contribution in [2.24, 2.45) is 17.6 Å². The fraction of sp³-hybridized carbons (Fsp3) is 0.429.